The maximum absolute atomic E-state index is 13.6. The number of aryl methyl sites for hydroxylation is 2. The minimum Gasteiger partial charge on any atom is -0.444 e. The molecular weight excluding hydrogens is 309 g/mol. The van der Waals surface area contributed by atoms with Gasteiger partial charge in [0.05, 0.1) is 11.1 Å². The summed E-state index contributed by atoms with van der Waals surface area (Å²) in [4.78, 5) is 16.9. The number of pyridine rings is 1. The molecule has 0 saturated carbocycles. The number of halogens is 1. The van der Waals surface area contributed by atoms with Crippen molar-refractivity contribution in [3.8, 4) is 6.07 Å². The first kappa shape index (κ1) is 15.7. The molecule has 1 amide bonds. The first-order chi connectivity index (χ1) is 11.4. The fraction of sp³-hybridized carbons (Fsp3) is 0.167. The molecule has 24 heavy (non-hydrogen) atoms. The Balaban J connectivity index is 2.08. The normalized spacial score (nSPS) is 10.6. The topological polar surface area (TPSA) is 78.9 Å². The molecule has 2 aromatic heterocycles. The van der Waals surface area contributed by atoms with E-state index in [1.165, 1.54) is 18.2 Å². The summed E-state index contributed by atoms with van der Waals surface area (Å²) in [6.07, 6.45) is 0. The largest absolute Gasteiger partial charge is 0.444 e. The van der Waals surface area contributed by atoms with Gasteiger partial charge in [-0.25, -0.2) is 4.39 Å². The van der Waals surface area contributed by atoms with Crippen LogP contribution in [0.3, 0.4) is 0 Å². The molecule has 0 unspecified atom stereocenters. The summed E-state index contributed by atoms with van der Waals surface area (Å²) in [6, 6.07) is 7.68. The number of anilines is 1. The second kappa shape index (κ2) is 5.78. The highest BCUT2D eigenvalue weighted by molar-refractivity contribution is 6.12. The van der Waals surface area contributed by atoms with Crippen LogP contribution in [-0.2, 0) is 0 Å². The van der Waals surface area contributed by atoms with E-state index in [1.54, 1.807) is 26.8 Å². The van der Waals surface area contributed by atoms with Gasteiger partial charge in [0.1, 0.15) is 23.2 Å². The van der Waals surface area contributed by atoms with E-state index >= 15 is 0 Å². The quantitative estimate of drug-likeness (QED) is 0.772. The van der Waals surface area contributed by atoms with Gasteiger partial charge in [-0.15, -0.1) is 0 Å². The van der Waals surface area contributed by atoms with Crippen molar-refractivity contribution in [3.63, 3.8) is 0 Å². The SMILES string of the molecule is Cc1cc(C(=O)Nc2oc(C)c(C)c2C#N)c2cc(F)ccc2n1. The minimum absolute atomic E-state index is 0.0940. The first-order valence-corrected chi connectivity index (χ1v) is 7.29. The molecule has 1 N–H and O–H groups in total. The van der Waals surface area contributed by atoms with Crippen molar-refractivity contribution in [1.82, 2.24) is 4.98 Å². The number of nitriles is 1. The van der Waals surface area contributed by atoms with Gasteiger partial charge in [-0.3, -0.25) is 15.1 Å². The molecule has 5 nitrogen and oxygen atoms in total. The number of furan rings is 1. The van der Waals surface area contributed by atoms with Crippen molar-refractivity contribution in [3.05, 3.63) is 58.2 Å². The monoisotopic (exact) mass is 323 g/mol. The summed E-state index contributed by atoms with van der Waals surface area (Å²) in [5, 5.41) is 12.2. The van der Waals surface area contributed by atoms with Crippen LogP contribution in [0.4, 0.5) is 10.3 Å². The van der Waals surface area contributed by atoms with E-state index in [2.05, 4.69) is 10.3 Å². The van der Waals surface area contributed by atoms with E-state index in [9.17, 15) is 14.4 Å². The number of nitrogens with one attached hydrogen (secondary N) is 1. The molecule has 0 spiro atoms. The molecule has 0 atom stereocenters. The van der Waals surface area contributed by atoms with Crippen LogP contribution >= 0.6 is 0 Å². The van der Waals surface area contributed by atoms with Crippen molar-refractivity contribution in [2.24, 2.45) is 0 Å². The molecule has 0 aliphatic heterocycles. The molecule has 0 bridgehead atoms. The number of carbonyl (C=O) groups is 1. The number of nitrogens with zero attached hydrogens (tertiary/aromatic N) is 2. The zero-order chi connectivity index (χ0) is 17.4. The van der Waals surface area contributed by atoms with Crippen LogP contribution in [0, 0.1) is 37.9 Å². The molecule has 0 radical (unpaired) electrons. The molecular formula is C18H14FN3O2. The molecule has 3 rings (SSSR count). The van der Waals surface area contributed by atoms with E-state index in [0.717, 1.165) is 0 Å². The van der Waals surface area contributed by atoms with Crippen molar-refractivity contribution in [1.29, 1.82) is 5.26 Å². The van der Waals surface area contributed by atoms with Crippen molar-refractivity contribution < 1.29 is 13.6 Å². The van der Waals surface area contributed by atoms with Crippen LogP contribution in [0.15, 0.2) is 28.7 Å². The Kier molecular flexibility index (Phi) is 3.78. The number of aromatic nitrogens is 1. The summed E-state index contributed by atoms with van der Waals surface area (Å²) in [7, 11) is 0. The van der Waals surface area contributed by atoms with Gasteiger partial charge in [0.2, 0.25) is 5.88 Å². The second-order valence-electron chi connectivity index (χ2n) is 5.53. The van der Waals surface area contributed by atoms with Gasteiger partial charge in [-0.05, 0) is 45.0 Å². The van der Waals surface area contributed by atoms with Crippen LogP contribution in [0.1, 0.15) is 32.9 Å². The Morgan fingerprint density at radius 1 is 1.29 bits per heavy atom. The average molecular weight is 323 g/mol. The van der Waals surface area contributed by atoms with Gasteiger partial charge < -0.3 is 4.42 Å². The molecule has 3 aromatic rings. The number of hydrogen-bond acceptors (Lipinski definition) is 4. The lowest BCUT2D eigenvalue weighted by Crippen LogP contribution is -2.13. The molecule has 0 aliphatic carbocycles. The molecule has 1 aromatic carbocycles. The number of carbonyl (C=O) groups excluding carboxylic acids is 1. The second-order valence-corrected chi connectivity index (χ2v) is 5.53. The predicted molar refractivity (Wildman–Crippen MR) is 87.3 cm³/mol. The Morgan fingerprint density at radius 3 is 2.75 bits per heavy atom. The standard InChI is InChI=1S/C18H14FN3O2/c1-9-6-14(13-7-12(19)4-5-16(13)21-9)17(23)22-18-15(8-20)10(2)11(3)24-18/h4-7H,1-3H3,(H,22,23). The third-order valence-corrected chi connectivity index (χ3v) is 3.87. The summed E-state index contributed by atoms with van der Waals surface area (Å²) in [6.45, 7) is 5.21. The van der Waals surface area contributed by atoms with E-state index < -0.39 is 11.7 Å². The Hall–Kier alpha value is -3.20. The molecule has 0 aliphatic rings. The lowest BCUT2D eigenvalue weighted by molar-refractivity contribution is 0.102. The Bertz CT molecular complexity index is 1020. The third kappa shape index (κ3) is 2.61. The van der Waals surface area contributed by atoms with Gasteiger partial charge in [0.15, 0.2) is 0 Å². The Labute approximate surface area is 137 Å². The van der Waals surface area contributed by atoms with Crippen LogP contribution in [-0.4, -0.2) is 10.9 Å². The van der Waals surface area contributed by atoms with Crippen molar-refractivity contribution in [2.75, 3.05) is 5.32 Å². The highest BCUT2D eigenvalue weighted by Crippen LogP contribution is 2.27. The van der Waals surface area contributed by atoms with Gasteiger partial charge in [-0.2, -0.15) is 5.26 Å². The van der Waals surface area contributed by atoms with Gasteiger partial charge in [0, 0.05) is 16.6 Å². The highest BCUT2D eigenvalue weighted by atomic mass is 19.1. The number of hydrogen-bond donors (Lipinski definition) is 1. The highest BCUT2D eigenvalue weighted by Gasteiger charge is 2.19. The fourth-order valence-electron chi connectivity index (χ4n) is 2.54. The predicted octanol–water partition coefficient (Wildman–Crippen LogP) is 4.02. The number of amides is 1. The third-order valence-electron chi connectivity index (χ3n) is 3.87. The van der Waals surface area contributed by atoms with E-state index in [-0.39, 0.29) is 17.0 Å². The lowest BCUT2D eigenvalue weighted by Gasteiger charge is -2.08. The van der Waals surface area contributed by atoms with Crippen LogP contribution in [0.2, 0.25) is 0 Å². The summed E-state index contributed by atoms with van der Waals surface area (Å²) in [5.41, 5.74) is 2.38. The van der Waals surface area contributed by atoms with Gasteiger partial charge >= 0.3 is 0 Å². The number of rotatable bonds is 2. The molecule has 0 saturated heterocycles. The Morgan fingerprint density at radius 2 is 2.04 bits per heavy atom. The first-order valence-electron chi connectivity index (χ1n) is 7.29. The zero-order valence-electron chi connectivity index (χ0n) is 13.4. The van der Waals surface area contributed by atoms with Gasteiger partial charge in [0.25, 0.3) is 5.91 Å². The fourth-order valence-corrected chi connectivity index (χ4v) is 2.54. The lowest BCUT2D eigenvalue weighted by atomic mass is 10.1. The van der Waals surface area contributed by atoms with Crippen molar-refractivity contribution in [2.45, 2.75) is 20.8 Å². The molecule has 0 fully saturated rings. The molecule has 2 heterocycles. The van der Waals surface area contributed by atoms with Crippen LogP contribution in [0.25, 0.3) is 10.9 Å². The number of benzene rings is 1. The zero-order valence-corrected chi connectivity index (χ0v) is 13.4. The van der Waals surface area contributed by atoms with E-state index in [1.807, 2.05) is 6.07 Å². The van der Waals surface area contributed by atoms with Crippen LogP contribution in [0.5, 0.6) is 0 Å². The maximum Gasteiger partial charge on any atom is 0.258 e. The summed E-state index contributed by atoms with van der Waals surface area (Å²) < 4.78 is 19.0. The molecule has 6 heteroatoms. The minimum atomic E-state index is -0.485. The van der Waals surface area contributed by atoms with Crippen molar-refractivity contribution >= 4 is 22.7 Å². The molecule has 120 valence electrons. The smallest absolute Gasteiger partial charge is 0.258 e. The number of fused-ring (bicyclic) bond motifs is 1. The summed E-state index contributed by atoms with van der Waals surface area (Å²) in [5.74, 6) is -0.286. The van der Waals surface area contributed by atoms with E-state index in [4.69, 9.17) is 4.42 Å². The average Bonchev–Trinajstić information content (AvgIpc) is 2.80. The van der Waals surface area contributed by atoms with Gasteiger partial charge in [-0.1, -0.05) is 0 Å². The van der Waals surface area contributed by atoms with E-state index in [0.29, 0.717) is 27.9 Å². The van der Waals surface area contributed by atoms with Crippen LogP contribution < -0.4 is 5.32 Å². The summed E-state index contributed by atoms with van der Waals surface area (Å²) >= 11 is 0. The maximum atomic E-state index is 13.6.